The summed E-state index contributed by atoms with van der Waals surface area (Å²) in [5.41, 5.74) is 0.331. The molecule has 0 aromatic carbocycles. The van der Waals surface area contributed by atoms with E-state index < -0.39 is 0 Å². The number of nitrogens with zero attached hydrogens (tertiary/aromatic N) is 1. The second-order valence-electron chi connectivity index (χ2n) is 5.27. The second-order valence-corrected chi connectivity index (χ2v) is 5.27. The van der Waals surface area contributed by atoms with Gasteiger partial charge in [0.1, 0.15) is 0 Å². The lowest BCUT2D eigenvalue weighted by Crippen LogP contribution is -2.46. The van der Waals surface area contributed by atoms with Crippen molar-refractivity contribution < 1.29 is 5.11 Å². The molecule has 0 aromatic rings. The number of hydrogen-bond acceptors (Lipinski definition) is 2. The Kier molecular flexibility index (Phi) is 4.39. The fourth-order valence-corrected chi connectivity index (χ4v) is 2.19. The van der Waals surface area contributed by atoms with Crippen LogP contribution in [0.25, 0.3) is 0 Å². The minimum atomic E-state index is 0.331. The summed E-state index contributed by atoms with van der Waals surface area (Å²) in [6, 6.07) is 0. The molecule has 1 heterocycles. The zero-order valence-electron chi connectivity index (χ0n) is 9.92. The van der Waals surface area contributed by atoms with Gasteiger partial charge in [-0.15, -0.1) is 0 Å². The van der Waals surface area contributed by atoms with E-state index in [1.165, 1.54) is 32.4 Å². The third-order valence-electron chi connectivity index (χ3n) is 3.70. The minimum absolute atomic E-state index is 0.331. The molecule has 1 saturated heterocycles. The summed E-state index contributed by atoms with van der Waals surface area (Å²) in [7, 11) is 0. The molecule has 1 aliphatic rings. The Hall–Kier alpha value is -0.0800. The van der Waals surface area contributed by atoms with Crippen LogP contribution in [0.15, 0.2) is 0 Å². The van der Waals surface area contributed by atoms with Gasteiger partial charge in [-0.05, 0) is 37.3 Å². The predicted octanol–water partition coefficient (Wildman–Crippen LogP) is 2.13. The molecule has 2 heteroatoms. The Bertz CT molecular complexity index is 168. The molecule has 1 N–H and O–H groups in total. The van der Waals surface area contributed by atoms with Crippen molar-refractivity contribution in [3.8, 4) is 0 Å². The summed E-state index contributed by atoms with van der Waals surface area (Å²) in [6.07, 6.45) is 3.78. The Balaban J connectivity index is 2.40. The summed E-state index contributed by atoms with van der Waals surface area (Å²) in [6.45, 7) is 10.7. The van der Waals surface area contributed by atoms with Crippen LogP contribution in [0.5, 0.6) is 0 Å². The van der Waals surface area contributed by atoms with Crippen LogP contribution in [0.1, 0.15) is 40.0 Å². The lowest BCUT2D eigenvalue weighted by atomic mass is 9.74. The summed E-state index contributed by atoms with van der Waals surface area (Å²) < 4.78 is 0. The molecule has 0 aromatic heterocycles. The number of unbranched alkanes of at least 4 members (excludes halogenated alkanes) is 1. The highest BCUT2D eigenvalue weighted by molar-refractivity contribution is 4.86. The summed E-state index contributed by atoms with van der Waals surface area (Å²) in [4.78, 5) is 2.51. The van der Waals surface area contributed by atoms with E-state index in [1.54, 1.807) is 0 Å². The van der Waals surface area contributed by atoms with Crippen LogP contribution >= 0.6 is 0 Å². The maximum absolute atomic E-state index is 9.34. The average Bonchev–Trinajstić information content (AvgIpc) is 2.16. The molecule has 2 nitrogen and oxygen atoms in total. The van der Waals surface area contributed by atoms with Crippen LogP contribution in [0.4, 0.5) is 0 Å². The molecular formula is C12H25NO. The van der Waals surface area contributed by atoms with Gasteiger partial charge in [0.05, 0.1) is 0 Å². The van der Waals surface area contributed by atoms with E-state index in [0.717, 1.165) is 6.54 Å². The monoisotopic (exact) mass is 199 g/mol. The Morgan fingerprint density at radius 2 is 2.14 bits per heavy atom. The molecule has 0 bridgehead atoms. The SMILES string of the molecule is CCCCN1CCC(C)(C)C(CO)C1. The fourth-order valence-electron chi connectivity index (χ4n) is 2.19. The van der Waals surface area contributed by atoms with Crippen LogP contribution in [0, 0.1) is 11.3 Å². The smallest absolute Gasteiger partial charge is 0.0476 e. The van der Waals surface area contributed by atoms with Gasteiger partial charge in [-0.3, -0.25) is 0 Å². The first-order chi connectivity index (χ1) is 6.60. The van der Waals surface area contributed by atoms with E-state index in [0.29, 0.717) is 17.9 Å². The highest BCUT2D eigenvalue weighted by atomic mass is 16.3. The van der Waals surface area contributed by atoms with Crippen LogP contribution < -0.4 is 0 Å². The van der Waals surface area contributed by atoms with Gasteiger partial charge in [-0.2, -0.15) is 0 Å². The van der Waals surface area contributed by atoms with Crippen molar-refractivity contribution in [1.29, 1.82) is 0 Å². The third-order valence-corrected chi connectivity index (χ3v) is 3.70. The average molecular weight is 199 g/mol. The van der Waals surface area contributed by atoms with Crippen LogP contribution in [-0.4, -0.2) is 36.2 Å². The molecule has 1 atom stereocenters. The molecular weight excluding hydrogens is 174 g/mol. The molecule has 0 radical (unpaired) electrons. The molecule has 14 heavy (non-hydrogen) atoms. The molecule has 1 aliphatic heterocycles. The van der Waals surface area contributed by atoms with Crippen LogP contribution in [-0.2, 0) is 0 Å². The van der Waals surface area contributed by atoms with Gasteiger partial charge in [0, 0.05) is 13.2 Å². The zero-order valence-corrected chi connectivity index (χ0v) is 9.92. The number of likely N-dealkylation sites (tertiary alicyclic amines) is 1. The van der Waals surface area contributed by atoms with Crippen molar-refractivity contribution in [3.05, 3.63) is 0 Å². The standard InChI is InChI=1S/C12H25NO/c1-4-5-7-13-8-6-12(2,3)11(9-13)10-14/h11,14H,4-10H2,1-3H3. The van der Waals surface area contributed by atoms with Gasteiger partial charge < -0.3 is 10.0 Å². The molecule has 0 saturated carbocycles. The van der Waals surface area contributed by atoms with Gasteiger partial charge >= 0.3 is 0 Å². The van der Waals surface area contributed by atoms with Gasteiger partial charge in [0.2, 0.25) is 0 Å². The first-order valence-electron chi connectivity index (χ1n) is 5.93. The first kappa shape index (κ1) is 12.0. The molecule has 1 rings (SSSR count). The number of hydrogen-bond donors (Lipinski definition) is 1. The first-order valence-corrected chi connectivity index (χ1v) is 5.93. The molecule has 84 valence electrons. The topological polar surface area (TPSA) is 23.5 Å². The molecule has 1 fully saturated rings. The maximum Gasteiger partial charge on any atom is 0.0476 e. The molecule has 0 spiro atoms. The quantitative estimate of drug-likeness (QED) is 0.749. The Morgan fingerprint density at radius 3 is 2.71 bits per heavy atom. The highest BCUT2D eigenvalue weighted by Gasteiger charge is 2.34. The van der Waals surface area contributed by atoms with Crippen LogP contribution in [0.2, 0.25) is 0 Å². The van der Waals surface area contributed by atoms with Crippen molar-refractivity contribution >= 4 is 0 Å². The highest BCUT2D eigenvalue weighted by Crippen LogP contribution is 2.35. The largest absolute Gasteiger partial charge is 0.396 e. The molecule has 1 unspecified atom stereocenters. The van der Waals surface area contributed by atoms with Crippen molar-refractivity contribution in [1.82, 2.24) is 4.90 Å². The van der Waals surface area contributed by atoms with E-state index in [-0.39, 0.29) is 0 Å². The second kappa shape index (κ2) is 5.13. The number of aliphatic hydroxyl groups excluding tert-OH is 1. The van der Waals surface area contributed by atoms with E-state index in [2.05, 4.69) is 25.7 Å². The lowest BCUT2D eigenvalue weighted by molar-refractivity contribution is 0.0225. The number of aliphatic hydroxyl groups is 1. The van der Waals surface area contributed by atoms with E-state index >= 15 is 0 Å². The Labute approximate surface area is 88.3 Å². The zero-order chi connectivity index (χ0) is 10.6. The van der Waals surface area contributed by atoms with Gasteiger partial charge in [0.25, 0.3) is 0 Å². The minimum Gasteiger partial charge on any atom is -0.396 e. The predicted molar refractivity (Wildman–Crippen MR) is 60.3 cm³/mol. The Morgan fingerprint density at radius 1 is 1.43 bits per heavy atom. The summed E-state index contributed by atoms with van der Waals surface area (Å²) in [5, 5.41) is 9.34. The fraction of sp³-hybridized carbons (Fsp3) is 1.00. The van der Waals surface area contributed by atoms with E-state index in [4.69, 9.17) is 0 Å². The maximum atomic E-state index is 9.34. The van der Waals surface area contributed by atoms with Gasteiger partial charge in [-0.1, -0.05) is 27.2 Å². The lowest BCUT2D eigenvalue weighted by Gasteiger charge is -2.43. The molecule has 0 aliphatic carbocycles. The van der Waals surface area contributed by atoms with Gasteiger partial charge in [0.15, 0.2) is 0 Å². The summed E-state index contributed by atoms with van der Waals surface area (Å²) in [5.74, 6) is 0.466. The van der Waals surface area contributed by atoms with Crippen molar-refractivity contribution in [3.63, 3.8) is 0 Å². The van der Waals surface area contributed by atoms with Crippen molar-refractivity contribution in [2.75, 3.05) is 26.2 Å². The molecule has 0 amide bonds. The van der Waals surface area contributed by atoms with Crippen LogP contribution in [0.3, 0.4) is 0 Å². The van der Waals surface area contributed by atoms with Crippen molar-refractivity contribution in [2.24, 2.45) is 11.3 Å². The number of rotatable bonds is 4. The van der Waals surface area contributed by atoms with Gasteiger partial charge in [-0.25, -0.2) is 0 Å². The third kappa shape index (κ3) is 2.96. The normalized spacial score (nSPS) is 27.9. The summed E-state index contributed by atoms with van der Waals surface area (Å²) >= 11 is 0. The van der Waals surface area contributed by atoms with Crippen molar-refractivity contribution in [2.45, 2.75) is 40.0 Å². The van der Waals surface area contributed by atoms with E-state index in [9.17, 15) is 5.11 Å². The van der Waals surface area contributed by atoms with E-state index in [1.807, 2.05) is 0 Å². The number of piperidine rings is 1.